The van der Waals surface area contributed by atoms with Crippen LogP contribution in [0.5, 0.6) is 0 Å². The van der Waals surface area contributed by atoms with Crippen molar-refractivity contribution in [1.29, 1.82) is 0 Å². The summed E-state index contributed by atoms with van der Waals surface area (Å²) >= 11 is 1.19. The number of nitrogens with one attached hydrogen (secondary N) is 2. The molecular weight excluding hydrogens is 218 g/mol. The van der Waals surface area contributed by atoms with Gasteiger partial charge in [-0.1, -0.05) is 11.3 Å². The average molecular weight is 227 g/mol. The number of carboxylic acid groups (broad SMARTS) is 1. The molecule has 1 rings (SSSR count). The Balaban J connectivity index is 2.64. The molecule has 0 saturated carbocycles. The SMILES string of the molecule is CNC(=O)Nc1ncc(/C=C/C(=O)O)s1. The van der Waals surface area contributed by atoms with E-state index in [1.54, 1.807) is 0 Å². The highest BCUT2D eigenvalue weighted by Crippen LogP contribution is 2.18. The molecule has 2 amide bonds. The first-order valence-electron chi connectivity index (χ1n) is 3.97. The van der Waals surface area contributed by atoms with Gasteiger partial charge in [-0.05, 0) is 6.08 Å². The molecule has 0 bridgehead atoms. The van der Waals surface area contributed by atoms with E-state index in [0.29, 0.717) is 10.0 Å². The number of anilines is 1. The third kappa shape index (κ3) is 3.77. The highest BCUT2D eigenvalue weighted by molar-refractivity contribution is 7.16. The Morgan fingerprint density at radius 2 is 2.33 bits per heavy atom. The van der Waals surface area contributed by atoms with Crippen LogP contribution < -0.4 is 10.6 Å². The van der Waals surface area contributed by atoms with Crippen LogP contribution in [0.25, 0.3) is 6.08 Å². The van der Waals surface area contributed by atoms with Crippen LogP contribution >= 0.6 is 11.3 Å². The largest absolute Gasteiger partial charge is 0.478 e. The van der Waals surface area contributed by atoms with E-state index in [1.165, 1.54) is 30.7 Å². The van der Waals surface area contributed by atoms with E-state index in [4.69, 9.17) is 5.11 Å². The smallest absolute Gasteiger partial charge is 0.328 e. The van der Waals surface area contributed by atoms with E-state index in [1.807, 2.05) is 0 Å². The number of carboxylic acids is 1. The van der Waals surface area contributed by atoms with Crippen molar-refractivity contribution < 1.29 is 14.7 Å². The molecule has 7 heteroatoms. The first kappa shape index (κ1) is 11.2. The first-order valence-corrected chi connectivity index (χ1v) is 4.79. The van der Waals surface area contributed by atoms with E-state index >= 15 is 0 Å². The molecule has 0 atom stereocenters. The maximum absolute atomic E-state index is 10.9. The van der Waals surface area contributed by atoms with Crippen molar-refractivity contribution in [2.75, 3.05) is 12.4 Å². The van der Waals surface area contributed by atoms with Gasteiger partial charge in [0.2, 0.25) is 0 Å². The number of carbonyl (C=O) groups is 2. The van der Waals surface area contributed by atoms with Crippen LogP contribution in [-0.4, -0.2) is 29.1 Å². The van der Waals surface area contributed by atoms with E-state index in [2.05, 4.69) is 15.6 Å². The molecule has 15 heavy (non-hydrogen) atoms. The lowest BCUT2D eigenvalue weighted by Crippen LogP contribution is -2.24. The zero-order valence-corrected chi connectivity index (χ0v) is 8.67. The minimum Gasteiger partial charge on any atom is -0.478 e. The predicted octanol–water partition coefficient (Wildman–Crippen LogP) is 0.992. The molecule has 0 fully saturated rings. The number of rotatable bonds is 3. The Morgan fingerprint density at radius 3 is 2.93 bits per heavy atom. The fourth-order valence-electron chi connectivity index (χ4n) is 0.734. The van der Waals surface area contributed by atoms with Gasteiger partial charge in [0.05, 0.1) is 0 Å². The van der Waals surface area contributed by atoms with E-state index in [-0.39, 0.29) is 6.03 Å². The number of aromatic nitrogens is 1. The van der Waals surface area contributed by atoms with Crippen molar-refractivity contribution in [3.63, 3.8) is 0 Å². The van der Waals surface area contributed by atoms with Crippen molar-refractivity contribution in [2.45, 2.75) is 0 Å². The maximum Gasteiger partial charge on any atom is 0.328 e. The van der Waals surface area contributed by atoms with Gasteiger partial charge in [0.25, 0.3) is 0 Å². The number of amides is 2. The van der Waals surface area contributed by atoms with E-state index in [0.717, 1.165) is 6.08 Å². The third-order valence-electron chi connectivity index (χ3n) is 1.36. The Bertz CT molecular complexity index is 400. The summed E-state index contributed by atoms with van der Waals surface area (Å²) in [6.07, 6.45) is 3.90. The van der Waals surface area contributed by atoms with Gasteiger partial charge in [0.15, 0.2) is 5.13 Å². The van der Waals surface area contributed by atoms with Gasteiger partial charge < -0.3 is 10.4 Å². The second-order valence-corrected chi connectivity index (χ2v) is 3.51. The lowest BCUT2D eigenvalue weighted by molar-refractivity contribution is -0.131. The van der Waals surface area contributed by atoms with Gasteiger partial charge in [-0.15, -0.1) is 0 Å². The van der Waals surface area contributed by atoms with Crippen LogP contribution in [0.1, 0.15) is 4.88 Å². The summed E-state index contributed by atoms with van der Waals surface area (Å²) in [5, 5.41) is 13.7. The Labute approximate surface area is 89.6 Å². The van der Waals surface area contributed by atoms with Crippen molar-refractivity contribution >= 4 is 34.5 Å². The van der Waals surface area contributed by atoms with Crippen LogP contribution in [0.2, 0.25) is 0 Å². The number of hydrogen-bond acceptors (Lipinski definition) is 4. The summed E-state index contributed by atoms with van der Waals surface area (Å²) in [7, 11) is 1.49. The summed E-state index contributed by atoms with van der Waals surface area (Å²) in [5.74, 6) is -1.02. The van der Waals surface area contributed by atoms with Crippen LogP contribution in [-0.2, 0) is 4.79 Å². The minimum absolute atomic E-state index is 0.363. The number of nitrogens with zero attached hydrogens (tertiary/aromatic N) is 1. The van der Waals surface area contributed by atoms with Crippen molar-refractivity contribution in [1.82, 2.24) is 10.3 Å². The van der Waals surface area contributed by atoms with E-state index < -0.39 is 5.97 Å². The van der Waals surface area contributed by atoms with Gasteiger partial charge >= 0.3 is 12.0 Å². The van der Waals surface area contributed by atoms with Gasteiger partial charge in [-0.3, -0.25) is 5.32 Å². The second-order valence-electron chi connectivity index (χ2n) is 2.44. The highest BCUT2D eigenvalue weighted by atomic mass is 32.1. The topological polar surface area (TPSA) is 91.3 Å². The van der Waals surface area contributed by atoms with E-state index in [9.17, 15) is 9.59 Å². The first-order chi connectivity index (χ1) is 7.11. The predicted molar refractivity (Wildman–Crippen MR) is 56.9 cm³/mol. The molecule has 1 aromatic heterocycles. The zero-order chi connectivity index (χ0) is 11.3. The Morgan fingerprint density at radius 1 is 1.60 bits per heavy atom. The molecule has 1 aromatic rings. The summed E-state index contributed by atoms with van der Waals surface area (Å²) < 4.78 is 0. The number of urea groups is 1. The maximum atomic E-state index is 10.9. The fraction of sp³-hybridized carbons (Fsp3) is 0.125. The van der Waals surface area contributed by atoms with Gasteiger partial charge in [0, 0.05) is 24.2 Å². The monoisotopic (exact) mass is 227 g/mol. The van der Waals surface area contributed by atoms with Gasteiger partial charge in [0.1, 0.15) is 0 Å². The molecule has 0 saturated heterocycles. The van der Waals surface area contributed by atoms with Gasteiger partial charge in [-0.25, -0.2) is 14.6 Å². The van der Waals surface area contributed by atoms with Crippen LogP contribution in [0.4, 0.5) is 9.93 Å². The molecule has 0 aromatic carbocycles. The summed E-state index contributed by atoms with van der Waals surface area (Å²) in [5.41, 5.74) is 0. The molecule has 0 unspecified atom stereocenters. The molecule has 6 nitrogen and oxygen atoms in total. The Hall–Kier alpha value is -1.89. The van der Waals surface area contributed by atoms with Crippen LogP contribution in [0.15, 0.2) is 12.3 Å². The average Bonchev–Trinajstić information content (AvgIpc) is 2.62. The summed E-state index contributed by atoms with van der Waals surface area (Å²) in [6, 6.07) is -0.363. The number of thiazole rings is 1. The quantitative estimate of drug-likeness (QED) is 0.671. The Kier molecular flexibility index (Phi) is 3.81. The molecule has 80 valence electrons. The molecule has 3 N–H and O–H groups in total. The summed E-state index contributed by atoms with van der Waals surface area (Å²) in [4.78, 5) is 25.7. The van der Waals surface area contributed by atoms with Crippen molar-refractivity contribution in [3.8, 4) is 0 Å². The van der Waals surface area contributed by atoms with Crippen molar-refractivity contribution in [3.05, 3.63) is 17.2 Å². The molecule has 0 aliphatic heterocycles. The standard InChI is InChI=1S/C8H9N3O3S/c1-9-7(14)11-8-10-4-5(15-8)2-3-6(12)13/h2-4H,1H3,(H,12,13)(H2,9,10,11,14)/b3-2+. The number of hydrogen-bond donors (Lipinski definition) is 3. The second kappa shape index (κ2) is 5.11. The number of carbonyl (C=O) groups excluding carboxylic acids is 1. The lowest BCUT2D eigenvalue weighted by atomic mass is 10.4. The van der Waals surface area contributed by atoms with Crippen molar-refractivity contribution in [2.24, 2.45) is 0 Å². The lowest BCUT2D eigenvalue weighted by Gasteiger charge is -1.97. The third-order valence-corrected chi connectivity index (χ3v) is 2.24. The molecular formula is C8H9N3O3S. The van der Waals surface area contributed by atoms with Gasteiger partial charge in [-0.2, -0.15) is 0 Å². The van der Waals surface area contributed by atoms with Crippen LogP contribution in [0.3, 0.4) is 0 Å². The molecule has 0 aliphatic rings. The molecule has 0 spiro atoms. The molecule has 0 aliphatic carbocycles. The highest BCUT2D eigenvalue weighted by Gasteiger charge is 2.02. The minimum atomic E-state index is -1.02. The summed E-state index contributed by atoms with van der Waals surface area (Å²) in [6.45, 7) is 0. The van der Waals surface area contributed by atoms with Crippen LogP contribution in [0, 0.1) is 0 Å². The normalized spacial score (nSPS) is 10.2. The fourth-order valence-corrected chi connectivity index (χ4v) is 1.45. The zero-order valence-electron chi connectivity index (χ0n) is 7.85. The molecule has 1 heterocycles. The number of aliphatic carboxylic acids is 1. The molecule has 0 radical (unpaired) electrons.